The second-order valence-electron chi connectivity index (χ2n) is 4.79. The molecule has 6 heteroatoms. The summed E-state index contributed by atoms with van der Waals surface area (Å²) in [4.78, 5) is 0. The zero-order valence-electron chi connectivity index (χ0n) is 11.8. The first-order valence-corrected chi connectivity index (χ1v) is 6.86. The number of ether oxygens (including phenoxy) is 1. The molecule has 2 rings (SSSR count). The van der Waals surface area contributed by atoms with Crippen molar-refractivity contribution in [3.63, 3.8) is 0 Å². The van der Waals surface area contributed by atoms with Crippen LogP contribution in [0.3, 0.4) is 0 Å². The lowest BCUT2D eigenvalue weighted by Gasteiger charge is -2.13. The van der Waals surface area contributed by atoms with Gasteiger partial charge in [-0.05, 0) is 18.2 Å². The summed E-state index contributed by atoms with van der Waals surface area (Å²) < 4.78 is 11.0. The first kappa shape index (κ1) is 14.8. The van der Waals surface area contributed by atoms with Gasteiger partial charge >= 0.3 is 0 Å². The summed E-state index contributed by atoms with van der Waals surface area (Å²) in [5, 5.41) is 11.7. The molecule has 0 spiro atoms. The summed E-state index contributed by atoms with van der Waals surface area (Å²) in [6.07, 6.45) is 0. The van der Waals surface area contributed by atoms with Crippen LogP contribution in [0.4, 0.5) is 0 Å². The van der Waals surface area contributed by atoms with E-state index in [2.05, 4.69) is 29.4 Å². The molecule has 0 aliphatic carbocycles. The highest BCUT2D eigenvalue weighted by Crippen LogP contribution is 2.23. The Labute approximate surface area is 123 Å². The maximum atomic E-state index is 6.03. The Hall–Kier alpha value is -1.59. The van der Waals surface area contributed by atoms with Gasteiger partial charge in [-0.15, -0.1) is 10.2 Å². The van der Waals surface area contributed by atoms with Crippen molar-refractivity contribution < 1.29 is 9.15 Å². The fraction of sp³-hybridized carbons (Fsp3) is 0.429. The summed E-state index contributed by atoms with van der Waals surface area (Å²) in [6, 6.07) is 5.93. The average Bonchev–Trinajstić information content (AvgIpc) is 2.81. The topological polar surface area (TPSA) is 60.2 Å². The van der Waals surface area contributed by atoms with Gasteiger partial charge in [-0.3, -0.25) is 0 Å². The van der Waals surface area contributed by atoms with E-state index in [-0.39, 0.29) is 6.61 Å². The lowest BCUT2D eigenvalue weighted by molar-refractivity contribution is 0.257. The van der Waals surface area contributed by atoms with Crippen LogP contribution in [0.2, 0.25) is 5.02 Å². The van der Waals surface area contributed by atoms with E-state index in [1.807, 2.05) is 12.1 Å². The van der Waals surface area contributed by atoms with Crippen molar-refractivity contribution in [1.82, 2.24) is 15.5 Å². The van der Waals surface area contributed by atoms with E-state index < -0.39 is 0 Å². The zero-order valence-corrected chi connectivity index (χ0v) is 12.6. The van der Waals surface area contributed by atoms with Crippen LogP contribution in [-0.2, 0) is 13.2 Å². The molecule has 0 radical (unpaired) electrons. The number of aryl methyl sites for hydroxylation is 1. The number of benzene rings is 1. The van der Waals surface area contributed by atoms with Crippen LogP contribution < -0.4 is 10.1 Å². The minimum atomic E-state index is 0.247. The quantitative estimate of drug-likeness (QED) is 0.887. The summed E-state index contributed by atoms with van der Waals surface area (Å²) in [5.74, 6) is 1.75. The van der Waals surface area contributed by atoms with Gasteiger partial charge in [0.05, 0.1) is 0 Å². The van der Waals surface area contributed by atoms with E-state index in [1.165, 1.54) is 0 Å². The van der Waals surface area contributed by atoms with Gasteiger partial charge in [0.15, 0.2) is 6.61 Å². The van der Waals surface area contributed by atoms with E-state index in [0.29, 0.717) is 29.4 Å². The van der Waals surface area contributed by atoms with Gasteiger partial charge < -0.3 is 14.5 Å². The second kappa shape index (κ2) is 6.72. The molecule has 0 fully saturated rings. The van der Waals surface area contributed by atoms with Crippen molar-refractivity contribution in [1.29, 1.82) is 0 Å². The predicted octanol–water partition coefficient (Wildman–Crippen LogP) is 3.11. The molecule has 0 atom stereocenters. The zero-order chi connectivity index (χ0) is 14.5. The van der Waals surface area contributed by atoms with Crippen LogP contribution in [-0.4, -0.2) is 16.2 Å². The number of hydrogen-bond acceptors (Lipinski definition) is 5. The smallest absolute Gasteiger partial charge is 0.253 e. The molecule has 0 saturated carbocycles. The van der Waals surface area contributed by atoms with Gasteiger partial charge in [0.1, 0.15) is 5.75 Å². The van der Waals surface area contributed by atoms with Gasteiger partial charge in [-0.25, -0.2) is 0 Å². The average molecular weight is 296 g/mol. The minimum absolute atomic E-state index is 0.247. The maximum absolute atomic E-state index is 6.03. The molecule has 0 bridgehead atoms. The molecular weight excluding hydrogens is 278 g/mol. The van der Waals surface area contributed by atoms with Gasteiger partial charge in [-0.2, -0.15) is 0 Å². The van der Waals surface area contributed by atoms with Crippen molar-refractivity contribution in [2.75, 3.05) is 0 Å². The van der Waals surface area contributed by atoms with Crippen LogP contribution in [0.1, 0.15) is 31.2 Å². The molecule has 0 unspecified atom stereocenters. The lowest BCUT2D eigenvalue weighted by atomic mass is 10.2. The molecule has 0 saturated heterocycles. The normalized spacial score (nSPS) is 11.1. The highest BCUT2D eigenvalue weighted by Gasteiger charge is 2.08. The molecule has 1 heterocycles. The van der Waals surface area contributed by atoms with Gasteiger partial charge in [0, 0.05) is 30.1 Å². The SMILES string of the molecule is Cc1nnc(COc2ccc(Cl)cc2CNC(C)C)o1. The number of nitrogens with one attached hydrogen (secondary N) is 1. The third kappa shape index (κ3) is 4.21. The molecule has 0 aliphatic rings. The Morgan fingerprint density at radius 2 is 2.15 bits per heavy atom. The van der Waals surface area contributed by atoms with Crippen LogP contribution in [0.5, 0.6) is 5.75 Å². The third-order valence-electron chi connectivity index (χ3n) is 2.64. The standard InChI is InChI=1S/C14H18ClN3O2/c1-9(2)16-7-11-6-12(15)4-5-13(11)19-8-14-18-17-10(3)20-14/h4-6,9,16H,7-8H2,1-3H3. The lowest BCUT2D eigenvalue weighted by Crippen LogP contribution is -2.22. The largest absolute Gasteiger partial charge is 0.483 e. The van der Waals surface area contributed by atoms with Crippen LogP contribution in [0.25, 0.3) is 0 Å². The number of hydrogen-bond donors (Lipinski definition) is 1. The Morgan fingerprint density at radius 3 is 2.80 bits per heavy atom. The number of rotatable bonds is 6. The van der Waals surface area contributed by atoms with Crippen LogP contribution in [0, 0.1) is 6.92 Å². The molecule has 108 valence electrons. The molecule has 1 aromatic carbocycles. The molecular formula is C14H18ClN3O2. The Kier molecular flexibility index (Phi) is 4.98. The number of halogens is 1. The van der Waals surface area contributed by atoms with Crippen molar-refractivity contribution in [3.05, 3.63) is 40.6 Å². The molecule has 1 aromatic heterocycles. The van der Waals surface area contributed by atoms with Crippen molar-refractivity contribution in [2.24, 2.45) is 0 Å². The first-order valence-electron chi connectivity index (χ1n) is 6.48. The molecule has 2 aromatic rings. The Bertz CT molecular complexity index is 569. The summed E-state index contributed by atoms with van der Waals surface area (Å²) in [6.45, 7) is 6.86. The third-order valence-corrected chi connectivity index (χ3v) is 2.88. The highest BCUT2D eigenvalue weighted by molar-refractivity contribution is 6.30. The molecule has 20 heavy (non-hydrogen) atoms. The second-order valence-corrected chi connectivity index (χ2v) is 5.23. The number of nitrogens with zero attached hydrogens (tertiary/aromatic N) is 2. The minimum Gasteiger partial charge on any atom is -0.483 e. The summed E-state index contributed by atoms with van der Waals surface area (Å²) >= 11 is 6.03. The van der Waals surface area contributed by atoms with E-state index in [4.69, 9.17) is 20.8 Å². The van der Waals surface area contributed by atoms with Crippen molar-refractivity contribution >= 4 is 11.6 Å². The summed E-state index contributed by atoms with van der Waals surface area (Å²) in [5.41, 5.74) is 1.00. The van der Waals surface area contributed by atoms with Crippen molar-refractivity contribution in [2.45, 2.75) is 40.0 Å². The molecule has 0 aliphatic heterocycles. The molecule has 1 N–H and O–H groups in total. The van der Waals surface area contributed by atoms with E-state index in [9.17, 15) is 0 Å². The van der Waals surface area contributed by atoms with Gasteiger partial charge in [0.2, 0.25) is 5.89 Å². The highest BCUT2D eigenvalue weighted by atomic mass is 35.5. The maximum Gasteiger partial charge on any atom is 0.253 e. The van der Waals surface area contributed by atoms with Crippen LogP contribution in [0.15, 0.2) is 22.6 Å². The van der Waals surface area contributed by atoms with E-state index in [0.717, 1.165) is 11.3 Å². The van der Waals surface area contributed by atoms with Crippen molar-refractivity contribution in [3.8, 4) is 5.75 Å². The van der Waals surface area contributed by atoms with Gasteiger partial charge in [0.25, 0.3) is 5.89 Å². The van der Waals surface area contributed by atoms with E-state index in [1.54, 1.807) is 13.0 Å². The monoisotopic (exact) mass is 295 g/mol. The Morgan fingerprint density at radius 1 is 1.35 bits per heavy atom. The predicted molar refractivity (Wildman–Crippen MR) is 76.8 cm³/mol. The number of aromatic nitrogens is 2. The molecule has 5 nitrogen and oxygen atoms in total. The van der Waals surface area contributed by atoms with Gasteiger partial charge in [-0.1, -0.05) is 25.4 Å². The summed E-state index contributed by atoms with van der Waals surface area (Å²) in [7, 11) is 0. The van der Waals surface area contributed by atoms with Crippen LogP contribution >= 0.6 is 11.6 Å². The fourth-order valence-electron chi connectivity index (χ4n) is 1.68. The fourth-order valence-corrected chi connectivity index (χ4v) is 1.87. The first-order chi connectivity index (χ1) is 9.54. The van der Waals surface area contributed by atoms with E-state index >= 15 is 0 Å². The molecule has 0 amide bonds. The Balaban J connectivity index is 2.05.